The highest BCUT2D eigenvalue weighted by Gasteiger charge is 2.16. The van der Waals surface area contributed by atoms with E-state index in [1.807, 2.05) is 18.3 Å². The van der Waals surface area contributed by atoms with Crippen LogP contribution in [0, 0.1) is 0 Å². The second-order valence-corrected chi connectivity index (χ2v) is 5.44. The Bertz CT molecular complexity index is 516. The molecule has 0 bridgehead atoms. The van der Waals surface area contributed by atoms with Crippen molar-refractivity contribution in [2.45, 2.75) is 26.2 Å². The van der Waals surface area contributed by atoms with Crippen LogP contribution in [0.5, 0.6) is 0 Å². The fraction of sp³-hybridized carbons (Fsp3) is 0.267. The van der Waals surface area contributed by atoms with Gasteiger partial charge in [0, 0.05) is 17.7 Å². The number of quaternary nitrogens is 1. The summed E-state index contributed by atoms with van der Waals surface area (Å²) in [7, 11) is 0. The zero-order valence-electron chi connectivity index (χ0n) is 11.6. The largest absolute Gasteiger partial charge is 0.325 e. The van der Waals surface area contributed by atoms with Crippen molar-refractivity contribution in [2.24, 2.45) is 0 Å². The summed E-state index contributed by atoms with van der Waals surface area (Å²) in [6.45, 7) is 6.68. The quantitative estimate of drug-likeness (QED) is 0.840. The molecule has 19 heavy (non-hydrogen) atoms. The number of aromatic nitrogens is 1. The van der Waals surface area contributed by atoms with Crippen LogP contribution in [0.3, 0.4) is 0 Å². The Morgan fingerprint density at radius 1 is 0.947 bits per heavy atom. The Kier molecular flexibility index (Phi) is 6.50. The van der Waals surface area contributed by atoms with Crippen molar-refractivity contribution in [1.82, 2.24) is 0 Å². The van der Waals surface area contributed by atoms with Gasteiger partial charge in [0.1, 0.15) is 5.69 Å². The summed E-state index contributed by atoms with van der Waals surface area (Å²) >= 11 is 0. The zero-order valence-corrected chi connectivity index (χ0v) is 13.2. The van der Waals surface area contributed by atoms with Gasteiger partial charge < -0.3 is 5.73 Å². The van der Waals surface area contributed by atoms with Crippen LogP contribution in [0.1, 0.15) is 26.3 Å². The third kappa shape index (κ3) is 4.50. The predicted octanol–water partition coefficient (Wildman–Crippen LogP) is 3.18. The number of hydrogen-bond acceptors (Lipinski definition) is 0. The molecule has 0 saturated heterocycles. The van der Waals surface area contributed by atoms with Gasteiger partial charge in [-0.25, -0.2) is 4.98 Å². The van der Waals surface area contributed by atoms with Gasteiger partial charge in [0.2, 0.25) is 5.69 Å². The van der Waals surface area contributed by atoms with Gasteiger partial charge >= 0.3 is 0 Å². The number of aromatic amines is 1. The van der Waals surface area contributed by atoms with E-state index in [0.29, 0.717) is 0 Å². The first kappa shape index (κ1) is 17.9. The van der Waals surface area contributed by atoms with Gasteiger partial charge in [0.05, 0.1) is 0 Å². The Labute approximate surface area is 127 Å². The Morgan fingerprint density at radius 2 is 1.53 bits per heavy atom. The van der Waals surface area contributed by atoms with Gasteiger partial charge in [-0.1, -0.05) is 20.8 Å². The van der Waals surface area contributed by atoms with Crippen LogP contribution < -0.4 is 10.7 Å². The van der Waals surface area contributed by atoms with Gasteiger partial charge in [0.25, 0.3) is 0 Å². The van der Waals surface area contributed by atoms with Gasteiger partial charge in [-0.2, -0.15) is 0 Å². The van der Waals surface area contributed by atoms with Crippen LogP contribution in [0.2, 0.25) is 0 Å². The molecule has 0 saturated carbocycles. The van der Waals surface area contributed by atoms with Crippen molar-refractivity contribution in [3.63, 3.8) is 0 Å². The summed E-state index contributed by atoms with van der Waals surface area (Å²) in [6, 6.07) is 12.6. The summed E-state index contributed by atoms with van der Waals surface area (Å²) in [5.74, 6) is 0. The van der Waals surface area contributed by atoms with E-state index in [9.17, 15) is 0 Å². The fourth-order valence-electron chi connectivity index (χ4n) is 1.78. The molecule has 4 heteroatoms. The minimum atomic E-state index is 0. The molecular weight excluding hydrogens is 279 g/mol. The van der Waals surface area contributed by atoms with Gasteiger partial charge in [-0.05, 0) is 35.2 Å². The summed E-state index contributed by atoms with van der Waals surface area (Å²) in [5.41, 5.74) is 8.81. The lowest BCUT2D eigenvalue weighted by Gasteiger charge is -2.17. The predicted molar refractivity (Wildman–Crippen MR) is 84.2 cm³/mol. The molecule has 1 aromatic carbocycles. The summed E-state index contributed by atoms with van der Waals surface area (Å²) < 4.78 is 0. The number of rotatable bonds is 1. The van der Waals surface area contributed by atoms with E-state index in [-0.39, 0.29) is 30.2 Å². The molecule has 0 aliphatic heterocycles. The van der Waals surface area contributed by atoms with E-state index in [1.165, 1.54) is 11.1 Å². The smallest absolute Gasteiger partial charge is 0.211 e. The molecule has 0 atom stereocenters. The average molecular weight is 301 g/mol. The SMILES string of the molecule is CC(C)(C)c1cc[nH+]c(-c2ccc([NH3+])cc2)c1.Cl.Cl. The molecule has 0 aliphatic rings. The van der Waals surface area contributed by atoms with Crippen molar-refractivity contribution in [3.05, 3.63) is 48.2 Å². The van der Waals surface area contributed by atoms with Crippen molar-refractivity contribution in [3.8, 4) is 11.3 Å². The molecule has 1 aromatic heterocycles. The summed E-state index contributed by atoms with van der Waals surface area (Å²) in [5, 5.41) is 0. The molecular formula is C15H22Cl2N2+2. The van der Waals surface area contributed by atoms with Gasteiger partial charge in [0.15, 0.2) is 6.20 Å². The first-order valence-electron chi connectivity index (χ1n) is 5.91. The standard InChI is InChI=1S/C15H18N2.2ClH/c1-15(2,3)12-8-9-17-14(10-12)11-4-6-13(16)7-5-11;;/h4-10H,16H2,1-3H3;2*1H/p+2. The maximum absolute atomic E-state index is 3.90. The summed E-state index contributed by atoms with van der Waals surface area (Å²) in [6.07, 6.45) is 2.01. The second-order valence-electron chi connectivity index (χ2n) is 5.44. The molecule has 0 spiro atoms. The highest BCUT2D eigenvalue weighted by molar-refractivity contribution is 5.85. The van der Waals surface area contributed by atoms with Crippen LogP contribution in [0.25, 0.3) is 11.3 Å². The number of pyridine rings is 1. The minimum absolute atomic E-state index is 0. The van der Waals surface area contributed by atoms with Gasteiger partial charge in [-0.3, -0.25) is 0 Å². The molecule has 2 rings (SSSR count). The Morgan fingerprint density at radius 3 is 2.05 bits per heavy atom. The van der Waals surface area contributed by atoms with Crippen LogP contribution in [0.4, 0.5) is 5.69 Å². The van der Waals surface area contributed by atoms with E-state index in [1.54, 1.807) is 0 Å². The third-order valence-electron chi connectivity index (χ3n) is 2.93. The van der Waals surface area contributed by atoms with E-state index in [2.05, 4.69) is 55.8 Å². The lowest BCUT2D eigenvalue weighted by molar-refractivity contribution is -0.364. The van der Waals surface area contributed by atoms with Crippen LogP contribution in [-0.4, -0.2) is 0 Å². The molecule has 104 valence electrons. The molecule has 0 fully saturated rings. The monoisotopic (exact) mass is 300 g/mol. The maximum Gasteiger partial charge on any atom is 0.211 e. The number of nitrogens with one attached hydrogen (secondary N) is 1. The molecule has 1 heterocycles. The number of H-pyrrole nitrogens is 1. The van der Waals surface area contributed by atoms with E-state index in [0.717, 1.165) is 11.4 Å². The minimum Gasteiger partial charge on any atom is -0.325 e. The number of hydrogen-bond donors (Lipinski definition) is 1. The Balaban J connectivity index is 0.00000162. The highest BCUT2D eigenvalue weighted by Crippen LogP contribution is 2.24. The first-order valence-corrected chi connectivity index (χ1v) is 5.91. The van der Waals surface area contributed by atoms with E-state index < -0.39 is 0 Å². The van der Waals surface area contributed by atoms with E-state index in [4.69, 9.17) is 0 Å². The molecule has 4 N–H and O–H groups in total. The maximum atomic E-state index is 3.90. The van der Waals surface area contributed by atoms with Crippen molar-refractivity contribution < 1.29 is 10.7 Å². The molecule has 2 aromatic rings. The number of benzene rings is 1. The van der Waals surface area contributed by atoms with Crippen molar-refractivity contribution in [1.29, 1.82) is 0 Å². The lowest BCUT2D eigenvalue weighted by atomic mass is 9.87. The Hall–Kier alpha value is -1.09. The molecule has 0 aliphatic carbocycles. The highest BCUT2D eigenvalue weighted by atomic mass is 35.5. The van der Waals surface area contributed by atoms with Crippen LogP contribution >= 0.6 is 24.8 Å². The van der Waals surface area contributed by atoms with Crippen molar-refractivity contribution >= 4 is 30.5 Å². The molecule has 0 unspecified atom stereocenters. The topological polar surface area (TPSA) is 41.8 Å². The first-order chi connectivity index (χ1) is 7.97. The van der Waals surface area contributed by atoms with Gasteiger partial charge in [-0.15, -0.1) is 24.8 Å². The summed E-state index contributed by atoms with van der Waals surface area (Å²) in [4.78, 5) is 3.30. The van der Waals surface area contributed by atoms with Crippen LogP contribution in [0.15, 0.2) is 42.6 Å². The number of halogens is 2. The zero-order chi connectivity index (χ0) is 12.5. The molecule has 2 nitrogen and oxygen atoms in total. The average Bonchev–Trinajstić information content (AvgIpc) is 2.29. The van der Waals surface area contributed by atoms with Crippen molar-refractivity contribution in [2.75, 3.05) is 0 Å². The second kappa shape index (κ2) is 6.90. The normalized spacial score (nSPS) is 10.3. The fourth-order valence-corrected chi connectivity index (χ4v) is 1.78. The molecule has 0 amide bonds. The third-order valence-corrected chi connectivity index (χ3v) is 2.93. The lowest BCUT2D eigenvalue weighted by Crippen LogP contribution is -2.39. The molecule has 0 radical (unpaired) electrons. The van der Waals surface area contributed by atoms with E-state index >= 15 is 0 Å². The van der Waals surface area contributed by atoms with Crippen LogP contribution in [-0.2, 0) is 5.41 Å².